The molecule has 0 aliphatic heterocycles. The fourth-order valence-electron chi connectivity index (χ4n) is 1.51. The van der Waals surface area contributed by atoms with Crippen molar-refractivity contribution < 1.29 is 4.79 Å². The van der Waals surface area contributed by atoms with Gasteiger partial charge in [0, 0.05) is 6.04 Å². The van der Waals surface area contributed by atoms with Crippen LogP contribution < -0.4 is 11.1 Å². The molecule has 1 amide bonds. The second-order valence-corrected chi connectivity index (χ2v) is 3.86. The predicted octanol–water partition coefficient (Wildman–Crippen LogP) is 1.49. The molecule has 1 aromatic rings. The molecule has 0 spiro atoms. The van der Waals surface area contributed by atoms with Crippen LogP contribution in [-0.2, 0) is 4.79 Å². The normalized spacial score (nSPS) is 13.5. The predicted molar refractivity (Wildman–Crippen MR) is 65.8 cm³/mol. The zero-order valence-corrected chi connectivity index (χ0v) is 9.89. The van der Waals surface area contributed by atoms with Crippen molar-refractivity contribution in [1.29, 1.82) is 5.26 Å². The molecule has 4 heteroatoms. The summed E-state index contributed by atoms with van der Waals surface area (Å²) in [5.41, 5.74) is 6.62. The minimum Gasteiger partial charge on any atom is -0.351 e. The van der Waals surface area contributed by atoms with Crippen LogP contribution in [0.25, 0.3) is 0 Å². The standard InChI is InChI=1S/C13H17N3O/c1-2-11(8-9-14)16-13(17)12(15)10-6-4-3-5-7-10/h3-7,11-12H,2,8,15H2,1H3,(H,16,17). The summed E-state index contributed by atoms with van der Waals surface area (Å²) in [7, 11) is 0. The number of nitrogens with one attached hydrogen (secondary N) is 1. The number of benzene rings is 1. The summed E-state index contributed by atoms with van der Waals surface area (Å²) in [6, 6.07) is 10.4. The highest BCUT2D eigenvalue weighted by atomic mass is 16.2. The van der Waals surface area contributed by atoms with E-state index in [0.29, 0.717) is 6.42 Å². The van der Waals surface area contributed by atoms with E-state index in [1.165, 1.54) is 0 Å². The Hall–Kier alpha value is -1.86. The first kappa shape index (κ1) is 13.2. The fraction of sp³-hybridized carbons (Fsp3) is 0.385. The van der Waals surface area contributed by atoms with E-state index < -0.39 is 6.04 Å². The van der Waals surface area contributed by atoms with Crippen LogP contribution in [0.4, 0.5) is 0 Å². The minimum absolute atomic E-state index is 0.123. The van der Waals surface area contributed by atoms with Crippen molar-refractivity contribution in [1.82, 2.24) is 5.32 Å². The first-order valence-electron chi connectivity index (χ1n) is 5.66. The minimum atomic E-state index is -0.677. The second-order valence-electron chi connectivity index (χ2n) is 3.86. The Morgan fingerprint density at radius 1 is 1.47 bits per heavy atom. The molecular formula is C13H17N3O. The average molecular weight is 231 g/mol. The molecule has 0 saturated carbocycles. The molecule has 2 unspecified atom stereocenters. The van der Waals surface area contributed by atoms with Gasteiger partial charge in [0.25, 0.3) is 0 Å². The lowest BCUT2D eigenvalue weighted by Gasteiger charge is -2.17. The number of hydrogen-bond donors (Lipinski definition) is 2. The van der Waals surface area contributed by atoms with Crippen molar-refractivity contribution >= 4 is 5.91 Å². The molecule has 0 heterocycles. The molecule has 3 N–H and O–H groups in total. The van der Waals surface area contributed by atoms with Gasteiger partial charge >= 0.3 is 0 Å². The maximum atomic E-state index is 11.8. The third-order valence-electron chi connectivity index (χ3n) is 2.62. The van der Waals surface area contributed by atoms with Crippen LogP contribution in [0, 0.1) is 11.3 Å². The van der Waals surface area contributed by atoms with Gasteiger partial charge in [-0.2, -0.15) is 5.26 Å². The number of nitrogens with two attached hydrogens (primary N) is 1. The van der Waals surface area contributed by atoms with E-state index in [1.54, 1.807) is 0 Å². The Kier molecular flexibility index (Phi) is 5.18. The molecule has 0 fully saturated rings. The van der Waals surface area contributed by atoms with E-state index in [9.17, 15) is 4.79 Å². The molecule has 0 radical (unpaired) electrons. The number of carbonyl (C=O) groups is 1. The molecule has 4 nitrogen and oxygen atoms in total. The largest absolute Gasteiger partial charge is 0.351 e. The van der Waals surface area contributed by atoms with E-state index in [-0.39, 0.29) is 11.9 Å². The van der Waals surface area contributed by atoms with Crippen molar-refractivity contribution in [3.8, 4) is 6.07 Å². The quantitative estimate of drug-likeness (QED) is 0.805. The Morgan fingerprint density at radius 2 is 2.12 bits per heavy atom. The third-order valence-corrected chi connectivity index (χ3v) is 2.62. The van der Waals surface area contributed by atoms with Crippen molar-refractivity contribution in [2.45, 2.75) is 31.8 Å². The zero-order chi connectivity index (χ0) is 12.7. The van der Waals surface area contributed by atoms with Crippen molar-refractivity contribution in [3.05, 3.63) is 35.9 Å². The van der Waals surface area contributed by atoms with Crippen LogP contribution in [0.5, 0.6) is 0 Å². The van der Waals surface area contributed by atoms with Crippen LogP contribution in [0.2, 0.25) is 0 Å². The monoisotopic (exact) mass is 231 g/mol. The van der Waals surface area contributed by atoms with Gasteiger partial charge in [0.1, 0.15) is 6.04 Å². The zero-order valence-electron chi connectivity index (χ0n) is 9.89. The van der Waals surface area contributed by atoms with Gasteiger partial charge in [0.2, 0.25) is 5.91 Å². The van der Waals surface area contributed by atoms with Gasteiger partial charge in [-0.25, -0.2) is 0 Å². The Balaban J connectivity index is 2.62. The number of nitrogens with zero attached hydrogens (tertiary/aromatic N) is 1. The highest BCUT2D eigenvalue weighted by molar-refractivity contribution is 5.83. The molecule has 1 rings (SSSR count). The SMILES string of the molecule is CCC(CC#N)NC(=O)C(N)c1ccccc1. The van der Waals surface area contributed by atoms with E-state index in [1.807, 2.05) is 43.3 Å². The van der Waals surface area contributed by atoms with Gasteiger partial charge in [-0.05, 0) is 12.0 Å². The van der Waals surface area contributed by atoms with Gasteiger partial charge in [0.05, 0.1) is 12.5 Å². The Bertz CT molecular complexity index is 397. The van der Waals surface area contributed by atoms with Crippen molar-refractivity contribution in [3.63, 3.8) is 0 Å². The first-order valence-corrected chi connectivity index (χ1v) is 5.66. The third kappa shape index (κ3) is 3.89. The first-order chi connectivity index (χ1) is 8.19. The number of amides is 1. The highest BCUT2D eigenvalue weighted by Crippen LogP contribution is 2.10. The molecule has 0 aromatic heterocycles. The van der Waals surface area contributed by atoms with E-state index in [0.717, 1.165) is 12.0 Å². The molecule has 0 aliphatic rings. The Labute approximate surface area is 101 Å². The number of carbonyl (C=O) groups excluding carboxylic acids is 1. The van der Waals surface area contributed by atoms with E-state index in [4.69, 9.17) is 11.0 Å². The van der Waals surface area contributed by atoms with Gasteiger partial charge in [-0.3, -0.25) is 4.79 Å². The molecule has 0 bridgehead atoms. The second kappa shape index (κ2) is 6.66. The lowest BCUT2D eigenvalue weighted by atomic mass is 10.1. The van der Waals surface area contributed by atoms with Crippen LogP contribution >= 0.6 is 0 Å². The molecule has 0 aliphatic carbocycles. The van der Waals surface area contributed by atoms with Crippen molar-refractivity contribution in [2.75, 3.05) is 0 Å². The molecule has 2 atom stereocenters. The fourth-order valence-corrected chi connectivity index (χ4v) is 1.51. The maximum Gasteiger partial charge on any atom is 0.241 e. The van der Waals surface area contributed by atoms with Gasteiger partial charge in [-0.1, -0.05) is 37.3 Å². The van der Waals surface area contributed by atoms with Crippen LogP contribution in [0.15, 0.2) is 30.3 Å². The molecule has 90 valence electrons. The highest BCUT2D eigenvalue weighted by Gasteiger charge is 2.18. The molecule has 17 heavy (non-hydrogen) atoms. The number of hydrogen-bond acceptors (Lipinski definition) is 3. The summed E-state index contributed by atoms with van der Waals surface area (Å²) in [5.74, 6) is -0.238. The Morgan fingerprint density at radius 3 is 2.65 bits per heavy atom. The summed E-state index contributed by atoms with van der Waals surface area (Å²) < 4.78 is 0. The van der Waals surface area contributed by atoms with Gasteiger partial charge < -0.3 is 11.1 Å². The van der Waals surface area contributed by atoms with Crippen molar-refractivity contribution in [2.24, 2.45) is 5.73 Å². The van der Waals surface area contributed by atoms with Crippen LogP contribution in [-0.4, -0.2) is 11.9 Å². The molecule has 1 aromatic carbocycles. The van der Waals surface area contributed by atoms with Crippen LogP contribution in [0.1, 0.15) is 31.4 Å². The lowest BCUT2D eigenvalue weighted by molar-refractivity contribution is -0.123. The van der Waals surface area contributed by atoms with Gasteiger partial charge in [0.15, 0.2) is 0 Å². The summed E-state index contributed by atoms with van der Waals surface area (Å²) in [6.45, 7) is 1.93. The maximum absolute atomic E-state index is 11.8. The summed E-state index contributed by atoms with van der Waals surface area (Å²) in [4.78, 5) is 11.8. The topological polar surface area (TPSA) is 78.9 Å². The van der Waals surface area contributed by atoms with E-state index in [2.05, 4.69) is 5.32 Å². The van der Waals surface area contributed by atoms with Crippen LogP contribution in [0.3, 0.4) is 0 Å². The summed E-state index contributed by atoms with van der Waals surface area (Å²) in [5, 5.41) is 11.4. The summed E-state index contributed by atoms with van der Waals surface area (Å²) >= 11 is 0. The smallest absolute Gasteiger partial charge is 0.241 e. The summed E-state index contributed by atoms with van der Waals surface area (Å²) in [6.07, 6.45) is 1.03. The van der Waals surface area contributed by atoms with Gasteiger partial charge in [-0.15, -0.1) is 0 Å². The van der Waals surface area contributed by atoms with E-state index >= 15 is 0 Å². The number of rotatable bonds is 5. The molecular weight excluding hydrogens is 214 g/mol. The lowest BCUT2D eigenvalue weighted by Crippen LogP contribution is -2.40. The average Bonchev–Trinajstić information content (AvgIpc) is 2.38. The molecule has 0 saturated heterocycles. The number of nitriles is 1.